The molecule has 0 spiro atoms. The smallest absolute Gasteiger partial charge is 0.462 e. The summed E-state index contributed by atoms with van der Waals surface area (Å²) in [5, 5.41) is 10.6. The van der Waals surface area contributed by atoms with Crippen LogP contribution in [0.2, 0.25) is 0 Å². The van der Waals surface area contributed by atoms with Gasteiger partial charge in [-0.15, -0.1) is 0 Å². The van der Waals surface area contributed by atoms with E-state index in [9.17, 15) is 43.2 Å². The van der Waals surface area contributed by atoms with Gasteiger partial charge in [0, 0.05) is 25.7 Å². The van der Waals surface area contributed by atoms with Gasteiger partial charge in [-0.3, -0.25) is 37.3 Å². The molecule has 6 atom stereocenters. The molecule has 0 heterocycles. The fraction of sp³-hybridized carbons (Fsp3) is 0.945. The van der Waals surface area contributed by atoms with E-state index in [2.05, 4.69) is 55.4 Å². The summed E-state index contributed by atoms with van der Waals surface area (Å²) in [7, 11) is -9.91. The molecule has 4 unspecified atom stereocenters. The number of esters is 4. The van der Waals surface area contributed by atoms with Crippen molar-refractivity contribution in [2.45, 2.75) is 382 Å². The van der Waals surface area contributed by atoms with E-state index in [-0.39, 0.29) is 25.7 Å². The molecule has 19 heteroatoms. The van der Waals surface area contributed by atoms with Crippen LogP contribution < -0.4 is 0 Å². The first-order chi connectivity index (χ1) is 44.1. The largest absolute Gasteiger partial charge is 0.472 e. The minimum Gasteiger partial charge on any atom is -0.462 e. The first kappa shape index (κ1) is 90.1. The first-order valence-electron chi connectivity index (χ1n) is 37.7. The molecular weight excluding hydrogens is 1210 g/mol. The number of rotatable bonds is 70. The minimum atomic E-state index is -4.95. The summed E-state index contributed by atoms with van der Waals surface area (Å²) in [4.78, 5) is 72.6. The lowest BCUT2D eigenvalue weighted by Gasteiger charge is -2.21. The van der Waals surface area contributed by atoms with Crippen molar-refractivity contribution in [2.24, 2.45) is 23.7 Å². The van der Waals surface area contributed by atoms with Gasteiger partial charge in [-0.1, -0.05) is 312 Å². The lowest BCUT2D eigenvalue weighted by Crippen LogP contribution is -2.30. The molecule has 546 valence electrons. The van der Waals surface area contributed by atoms with Crippen LogP contribution in [0.5, 0.6) is 0 Å². The van der Waals surface area contributed by atoms with Gasteiger partial charge in [-0.05, 0) is 49.4 Å². The molecule has 0 aromatic heterocycles. The molecule has 0 aliphatic carbocycles. The summed E-state index contributed by atoms with van der Waals surface area (Å²) in [6.45, 7) is 14.1. The van der Waals surface area contributed by atoms with Crippen LogP contribution in [-0.2, 0) is 65.4 Å². The van der Waals surface area contributed by atoms with Gasteiger partial charge in [0.2, 0.25) is 0 Å². The SMILES string of the molecule is CCC(C)CCCCCCCCCCCCC(=O)OC[C@H](COP(=O)(O)OCC(O)COP(=O)(O)OC[C@@H](COC(=O)CCCCCCCCCC(C)C)OC(=O)CCCCCCCCCCCCCCCCCC(C)C)OC(=O)CCCCCCCCCC(C)C. The number of aliphatic hydroxyl groups excluding tert-OH is 1. The number of hydrogen-bond donors (Lipinski definition) is 3. The van der Waals surface area contributed by atoms with Gasteiger partial charge in [-0.2, -0.15) is 0 Å². The van der Waals surface area contributed by atoms with Crippen molar-refractivity contribution in [1.82, 2.24) is 0 Å². The molecule has 3 N–H and O–H groups in total. The second-order valence-electron chi connectivity index (χ2n) is 28.0. The first-order valence-corrected chi connectivity index (χ1v) is 40.7. The number of ether oxygens (including phenoxy) is 4. The average molecular weight is 1350 g/mol. The summed E-state index contributed by atoms with van der Waals surface area (Å²) in [6.07, 6.45) is 45.9. The van der Waals surface area contributed by atoms with Crippen molar-refractivity contribution in [1.29, 1.82) is 0 Å². The van der Waals surface area contributed by atoms with Crippen LogP contribution in [0, 0.1) is 23.7 Å². The number of hydrogen-bond acceptors (Lipinski definition) is 15. The molecule has 0 amide bonds. The molecule has 0 aliphatic rings. The Morgan fingerprint density at radius 3 is 0.772 bits per heavy atom. The van der Waals surface area contributed by atoms with Gasteiger partial charge in [0.1, 0.15) is 19.3 Å². The van der Waals surface area contributed by atoms with E-state index in [0.717, 1.165) is 108 Å². The van der Waals surface area contributed by atoms with Gasteiger partial charge in [0.25, 0.3) is 0 Å². The van der Waals surface area contributed by atoms with E-state index < -0.39 is 97.5 Å². The molecule has 0 radical (unpaired) electrons. The van der Waals surface area contributed by atoms with E-state index >= 15 is 0 Å². The Hall–Kier alpha value is -1.94. The number of carbonyl (C=O) groups is 4. The van der Waals surface area contributed by atoms with Gasteiger partial charge in [-0.25, -0.2) is 9.13 Å². The van der Waals surface area contributed by atoms with Crippen LogP contribution in [-0.4, -0.2) is 96.7 Å². The Morgan fingerprint density at radius 2 is 0.522 bits per heavy atom. The van der Waals surface area contributed by atoms with Gasteiger partial charge >= 0.3 is 39.5 Å². The van der Waals surface area contributed by atoms with E-state index in [1.807, 2.05) is 0 Å². The highest BCUT2D eigenvalue weighted by atomic mass is 31.2. The zero-order valence-corrected chi connectivity index (χ0v) is 62.0. The van der Waals surface area contributed by atoms with E-state index in [1.54, 1.807) is 0 Å². The molecule has 0 aromatic carbocycles. The zero-order chi connectivity index (χ0) is 68.2. The molecule has 92 heavy (non-hydrogen) atoms. The Bertz CT molecular complexity index is 1820. The van der Waals surface area contributed by atoms with E-state index in [0.29, 0.717) is 37.5 Å². The number of aliphatic hydroxyl groups is 1. The van der Waals surface area contributed by atoms with Crippen LogP contribution in [0.1, 0.15) is 364 Å². The minimum absolute atomic E-state index is 0.103. The predicted molar refractivity (Wildman–Crippen MR) is 372 cm³/mol. The second kappa shape index (κ2) is 62.6. The third-order valence-electron chi connectivity index (χ3n) is 17.2. The summed E-state index contributed by atoms with van der Waals surface area (Å²) in [5.74, 6) is 0.885. The maximum atomic E-state index is 13.0. The van der Waals surface area contributed by atoms with Crippen LogP contribution in [0.3, 0.4) is 0 Å². The third-order valence-corrected chi connectivity index (χ3v) is 19.1. The Morgan fingerprint density at radius 1 is 0.304 bits per heavy atom. The quantitative estimate of drug-likeness (QED) is 0.0222. The van der Waals surface area contributed by atoms with Crippen molar-refractivity contribution in [3.63, 3.8) is 0 Å². The van der Waals surface area contributed by atoms with Crippen molar-refractivity contribution in [3.8, 4) is 0 Å². The lowest BCUT2D eigenvalue weighted by atomic mass is 9.99. The highest BCUT2D eigenvalue weighted by Crippen LogP contribution is 2.45. The maximum Gasteiger partial charge on any atom is 0.472 e. The van der Waals surface area contributed by atoms with Crippen molar-refractivity contribution in [3.05, 3.63) is 0 Å². The second-order valence-corrected chi connectivity index (χ2v) is 30.9. The van der Waals surface area contributed by atoms with Crippen LogP contribution >= 0.6 is 15.6 Å². The molecule has 0 aliphatic heterocycles. The molecule has 0 fully saturated rings. The lowest BCUT2D eigenvalue weighted by molar-refractivity contribution is -0.161. The van der Waals surface area contributed by atoms with Gasteiger partial charge in [0.05, 0.1) is 26.4 Å². The normalized spacial score (nSPS) is 14.5. The van der Waals surface area contributed by atoms with Gasteiger partial charge < -0.3 is 33.8 Å². The summed E-state index contributed by atoms with van der Waals surface area (Å²) in [6, 6.07) is 0. The fourth-order valence-electron chi connectivity index (χ4n) is 11.0. The summed E-state index contributed by atoms with van der Waals surface area (Å²) < 4.78 is 68.4. The molecule has 0 aromatic rings. The van der Waals surface area contributed by atoms with E-state index in [1.165, 1.54) is 161 Å². The van der Waals surface area contributed by atoms with Crippen molar-refractivity contribution >= 4 is 39.5 Å². The Kier molecular flexibility index (Phi) is 61.3. The molecule has 0 rings (SSSR count). The topological polar surface area (TPSA) is 237 Å². The monoisotopic (exact) mass is 1350 g/mol. The Balaban J connectivity index is 5.21. The highest BCUT2D eigenvalue weighted by Gasteiger charge is 2.30. The molecule has 17 nitrogen and oxygen atoms in total. The van der Waals surface area contributed by atoms with Crippen molar-refractivity contribution in [2.75, 3.05) is 39.6 Å². The average Bonchev–Trinajstić information content (AvgIpc) is 1.48. The molecule has 0 saturated heterocycles. The molecular formula is C73H142O17P2. The fourth-order valence-corrected chi connectivity index (χ4v) is 12.6. The maximum absolute atomic E-state index is 13.0. The van der Waals surface area contributed by atoms with Crippen LogP contribution in [0.4, 0.5) is 0 Å². The summed E-state index contributed by atoms with van der Waals surface area (Å²) >= 11 is 0. The number of phosphoric acid groups is 2. The molecule has 0 saturated carbocycles. The highest BCUT2D eigenvalue weighted by molar-refractivity contribution is 7.47. The standard InChI is InChI=1S/C73H142O17P2/c1-9-66(8)52-44-36-28-20-17-18-21-29-37-45-53-70(75)83-59-69(90-73(78)56-48-40-32-24-27-35-43-51-65(6)7)62-88-92(81,82)86-58-67(74)57-85-91(79,80)87-61-68(60-84-71(76)54-46-38-31-23-26-34-42-50-64(4)5)89-72(77)55-47-39-30-22-16-14-12-10-11-13-15-19-25-33-41-49-63(2)3/h63-69,74H,9-62H2,1-8H3,(H,79,80)(H,81,82)/t66?,67?,68-,69-/m1/s1. The van der Waals surface area contributed by atoms with Crippen LogP contribution in [0.25, 0.3) is 0 Å². The zero-order valence-electron chi connectivity index (χ0n) is 60.2. The molecule has 0 bridgehead atoms. The summed E-state index contributed by atoms with van der Waals surface area (Å²) in [5.41, 5.74) is 0. The number of phosphoric ester groups is 2. The third kappa shape index (κ3) is 65.4. The van der Waals surface area contributed by atoms with Crippen LogP contribution in [0.15, 0.2) is 0 Å². The van der Waals surface area contributed by atoms with Crippen molar-refractivity contribution < 1.29 is 80.2 Å². The van der Waals surface area contributed by atoms with Gasteiger partial charge in [0.15, 0.2) is 12.2 Å². The predicted octanol–water partition coefficient (Wildman–Crippen LogP) is 20.9. The van der Waals surface area contributed by atoms with E-state index in [4.69, 9.17) is 37.0 Å². The number of carbonyl (C=O) groups excluding carboxylic acids is 4. The Labute approximate surface area is 562 Å². The number of unbranched alkanes of at least 4 members (excludes halogenated alkanes) is 35.